The first kappa shape index (κ1) is 14.4. The van der Waals surface area contributed by atoms with Crippen molar-refractivity contribution in [2.24, 2.45) is 11.3 Å². The Hall–Kier alpha value is -0.700. The van der Waals surface area contributed by atoms with Gasteiger partial charge in [0.1, 0.15) is 10.8 Å². The Morgan fingerprint density at radius 1 is 1.35 bits per heavy atom. The zero-order chi connectivity index (χ0) is 13.2. The van der Waals surface area contributed by atoms with Gasteiger partial charge >= 0.3 is 0 Å². The third-order valence-corrected chi connectivity index (χ3v) is 3.03. The Morgan fingerprint density at radius 2 is 1.94 bits per heavy atom. The SMILES string of the molecule is CC(C)CCn1nc(CC(C)(C)C)c(Cl)c1N. The molecule has 1 aromatic rings. The molecule has 2 N–H and O–H groups in total. The molecule has 0 bridgehead atoms. The molecule has 0 amide bonds. The first-order valence-electron chi connectivity index (χ1n) is 6.21. The van der Waals surface area contributed by atoms with Crippen LogP contribution >= 0.6 is 11.6 Å². The number of nitrogens with zero attached hydrogens (tertiary/aromatic N) is 2. The quantitative estimate of drug-likeness (QED) is 0.893. The summed E-state index contributed by atoms with van der Waals surface area (Å²) in [7, 11) is 0. The second kappa shape index (κ2) is 5.30. The van der Waals surface area contributed by atoms with Crippen LogP contribution in [0.25, 0.3) is 0 Å². The Bertz CT molecular complexity index is 375. The van der Waals surface area contributed by atoms with E-state index in [1.807, 2.05) is 4.68 Å². The van der Waals surface area contributed by atoms with Gasteiger partial charge in [-0.3, -0.25) is 0 Å². The second-order valence-electron chi connectivity index (χ2n) is 6.29. The molecule has 0 spiro atoms. The molecule has 0 unspecified atom stereocenters. The van der Waals surface area contributed by atoms with Crippen LogP contribution in [-0.2, 0) is 13.0 Å². The highest BCUT2D eigenvalue weighted by molar-refractivity contribution is 6.33. The first-order chi connectivity index (χ1) is 7.70. The van der Waals surface area contributed by atoms with Gasteiger partial charge in [0.25, 0.3) is 0 Å². The minimum absolute atomic E-state index is 0.174. The molecular formula is C13H24ClN3. The summed E-state index contributed by atoms with van der Waals surface area (Å²) in [5.74, 6) is 1.25. The van der Waals surface area contributed by atoms with Crippen molar-refractivity contribution in [2.75, 3.05) is 5.73 Å². The topological polar surface area (TPSA) is 43.8 Å². The minimum atomic E-state index is 0.174. The molecule has 1 aromatic heterocycles. The van der Waals surface area contributed by atoms with Crippen LogP contribution in [-0.4, -0.2) is 9.78 Å². The minimum Gasteiger partial charge on any atom is -0.383 e. The van der Waals surface area contributed by atoms with Crippen LogP contribution in [0.4, 0.5) is 5.82 Å². The molecule has 17 heavy (non-hydrogen) atoms. The smallest absolute Gasteiger partial charge is 0.140 e. The van der Waals surface area contributed by atoms with Crippen LogP contribution < -0.4 is 5.73 Å². The van der Waals surface area contributed by atoms with Gasteiger partial charge in [0.2, 0.25) is 0 Å². The number of rotatable bonds is 4. The molecule has 0 atom stereocenters. The fraction of sp³-hybridized carbons (Fsp3) is 0.769. The average molecular weight is 258 g/mol. The summed E-state index contributed by atoms with van der Waals surface area (Å²) in [4.78, 5) is 0. The predicted molar refractivity (Wildman–Crippen MR) is 74.3 cm³/mol. The van der Waals surface area contributed by atoms with Crippen molar-refractivity contribution in [3.63, 3.8) is 0 Å². The fourth-order valence-electron chi connectivity index (χ4n) is 1.67. The Morgan fingerprint density at radius 3 is 2.41 bits per heavy atom. The van der Waals surface area contributed by atoms with Crippen LogP contribution in [0.2, 0.25) is 5.02 Å². The third kappa shape index (κ3) is 4.23. The molecule has 0 aromatic carbocycles. The van der Waals surface area contributed by atoms with E-state index < -0.39 is 0 Å². The van der Waals surface area contributed by atoms with E-state index in [2.05, 4.69) is 39.7 Å². The second-order valence-corrected chi connectivity index (χ2v) is 6.67. The van der Waals surface area contributed by atoms with E-state index in [1.165, 1.54) is 0 Å². The van der Waals surface area contributed by atoms with Gasteiger partial charge in [0, 0.05) is 6.54 Å². The fourth-order valence-corrected chi connectivity index (χ4v) is 1.87. The van der Waals surface area contributed by atoms with Gasteiger partial charge in [-0.1, -0.05) is 46.2 Å². The van der Waals surface area contributed by atoms with Crippen LogP contribution in [0.1, 0.15) is 46.7 Å². The zero-order valence-electron chi connectivity index (χ0n) is 11.5. The Kier molecular flexibility index (Phi) is 4.48. The maximum absolute atomic E-state index is 6.23. The molecule has 0 aliphatic carbocycles. The lowest BCUT2D eigenvalue weighted by Crippen LogP contribution is -2.11. The highest BCUT2D eigenvalue weighted by atomic mass is 35.5. The number of hydrogen-bond donors (Lipinski definition) is 1. The van der Waals surface area contributed by atoms with Crippen molar-refractivity contribution >= 4 is 17.4 Å². The van der Waals surface area contributed by atoms with Crippen molar-refractivity contribution < 1.29 is 0 Å². The van der Waals surface area contributed by atoms with Crippen molar-refractivity contribution in [1.29, 1.82) is 0 Å². The standard InChI is InChI=1S/C13H24ClN3/c1-9(2)6-7-17-12(15)11(14)10(16-17)8-13(3,4)5/h9H,6-8,15H2,1-5H3. The van der Waals surface area contributed by atoms with Gasteiger partial charge in [0.15, 0.2) is 0 Å². The largest absolute Gasteiger partial charge is 0.383 e. The summed E-state index contributed by atoms with van der Waals surface area (Å²) in [5.41, 5.74) is 7.07. The summed E-state index contributed by atoms with van der Waals surface area (Å²) in [6.07, 6.45) is 1.92. The summed E-state index contributed by atoms with van der Waals surface area (Å²) >= 11 is 6.23. The monoisotopic (exact) mass is 257 g/mol. The number of nitrogens with two attached hydrogens (primary N) is 1. The van der Waals surface area contributed by atoms with E-state index in [0.717, 1.165) is 25.1 Å². The normalized spacial score (nSPS) is 12.4. The summed E-state index contributed by atoms with van der Waals surface area (Å²) in [6.45, 7) is 11.7. The van der Waals surface area contributed by atoms with E-state index in [9.17, 15) is 0 Å². The lowest BCUT2D eigenvalue weighted by Gasteiger charge is -2.16. The molecule has 0 radical (unpaired) electrons. The zero-order valence-corrected chi connectivity index (χ0v) is 12.3. The lowest BCUT2D eigenvalue weighted by atomic mass is 9.91. The number of aromatic nitrogens is 2. The molecule has 0 aliphatic heterocycles. The van der Waals surface area contributed by atoms with Gasteiger partial charge in [0.05, 0.1) is 5.69 Å². The van der Waals surface area contributed by atoms with Crippen LogP contribution in [0.5, 0.6) is 0 Å². The van der Waals surface area contributed by atoms with Gasteiger partial charge < -0.3 is 5.73 Å². The van der Waals surface area contributed by atoms with Crippen molar-refractivity contribution in [1.82, 2.24) is 9.78 Å². The van der Waals surface area contributed by atoms with E-state index in [0.29, 0.717) is 16.8 Å². The molecule has 1 rings (SSSR count). The van der Waals surface area contributed by atoms with Crippen LogP contribution in [0, 0.1) is 11.3 Å². The molecule has 0 aliphatic rings. The first-order valence-corrected chi connectivity index (χ1v) is 6.59. The molecule has 0 fully saturated rings. The van der Waals surface area contributed by atoms with Crippen LogP contribution in [0.3, 0.4) is 0 Å². The molecule has 0 saturated heterocycles. The third-order valence-electron chi connectivity index (χ3n) is 2.61. The number of anilines is 1. The van der Waals surface area contributed by atoms with Gasteiger partial charge in [-0.25, -0.2) is 4.68 Å². The highest BCUT2D eigenvalue weighted by Crippen LogP contribution is 2.29. The molecule has 1 heterocycles. The number of halogens is 1. The summed E-state index contributed by atoms with van der Waals surface area (Å²) in [6, 6.07) is 0. The van der Waals surface area contributed by atoms with Gasteiger partial charge in [-0.15, -0.1) is 0 Å². The number of hydrogen-bond acceptors (Lipinski definition) is 2. The van der Waals surface area contributed by atoms with E-state index >= 15 is 0 Å². The van der Waals surface area contributed by atoms with Crippen molar-refractivity contribution in [3.8, 4) is 0 Å². The van der Waals surface area contributed by atoms with Crippen molar-refractivity contribution in [3.05, 3.63) is 10.7 Å². The Balaban J connectivity index is 2.84. The molecular weight excluding hydrogens is 234 g/mol. The molecule has 98 valence electrons. The average Bonchev–Trinajstić information content (AvgIpc) is 2.41. The van der Waals surface area contributed by atoms with Crippen molar-refractivity contribution in [2.45, 2.75) is 54.0 Å². The van der Waals surface area contributed by atoms with Gasteiger partial charge in [-0.2, -0.15) is 5.10 Å². The van der Waals surface area contributed by atoms with E-state index in [-0.39, 0.29) is 5.41 Å². The highest BCUT2D eigenvalue weighted by Gasteiger charge is 2.19. The molecule has 0 saturated carbocycles. The Labute approximate surface area is 109 Å². The summed E-state index contributed by atoms with van der Waals surface area (Å²) < 4.78 is 1.84. The number of nitrogen functional groups attached to an aromatic ring is 1. The predicted octanol–water partition coefficient (Wildman–Crippen LogP) is 3.75. The summed E-state index contributed by atoms with van der Waals surface area (Å²) in [5, 5.41) is 5.15. The van der Waals surface area contributed by atoms with Crippen LogP contribution in [0.15, 0.2) is 0 Å². The lowest BCUT2D eigenvalue weighted by molar-refractivity contribution is 0.401. The van der Waals surface area contributed by atoms with E-state index in [1.54, 1.807) is 0 Å². The number of aryl methyl sites for hydroxylation is 1. The molecule has 3 nitrogen and oxygen atoms in total. The maximum Gasteiger partial charge on any atom is 0.140 e. The van der Waals surface area contributed by atoms with Gasteiger partial charge in [-0.05, 0) is 24.2 Å². The molecule has 4 heteroatoms. The van der Waals surface area contributed by atoms with E-state index in [4.69, 9.17) is 17.3 Å². The maximum atomic E-state index is 6.23.